The summed E-state index contributed by atoms with van der Waals surface area (Å²) in [6, 6.07) is 11.4. The monoisotopic (exact) mass is 508 g/mol. The number of allylic oxidation sites excluding steroid dienone is 1. The van der Waals surface area contributed by atoms with Crippen LogP contribution >= 0.6 is 15.9 Å². The highest BCUT2D eigenvalue weighted by atomic mass is 79.9. The number of benzene rings is 2. The minimum atomic E-state index is -4.02. The van der Waals surface area contributed by atoms with E-state index in [1.807, 2.05) is 0 Å². The molecule has 0 fully saturated rings. The largest absolute Gasteiger partial charge is 0.494 e. The number of hydrogen-bond acceptors (Lipinski definition) is 7. The summed E-state index contributed by atoms with van der Waals surface area (Å²) in [7, 11) is -1.00. The van der Waals surface area contributed by atoms with Crippen molar-refractivity contribution in [1.82, 2.24) is 0 Å². The minimum absolute atomic E-state index is 0.0580. The van der Waals surface area contributed by atoms with E-state index >= 15 is 0 Å². The molecule has 31 heavy (non-hydrogen) atoms. The SMILES string of the molecule is CCCCC1N=CC(S(=O)(=O)c2ccc(Br)cc2)=C(O)N1c1c(OC)cccc1OC. The van der Waals surface area contributed by atoms with Crippen LogP contribution in [0.5, 0.6) is 11.5 Å². The Kier molecular flexibility index (Phi) is 7.27. The average Bonchev–Trinajstić information content (AvgIpc) is 2.77. The van der Waals surface area contributed by atoms with Gasteiger partial charge >= 0.3 is 0 Å². The number of aliphatic hydroxyl groups is 1. The molecule has 1 unspecified atom stereocenters. The number of nitrogens with zero attached hydrogens (tertiary/aromatic N) is 2. The second-order valence-corrected chi connectivity index (χ2v) is 9.76. The highest BCUT2D eigenvalue weighted by molar-refractivity contribution is 9.10. The molecule has 0 saturated heterocycles. The Morgan fingerprint density at radius 1 is 1.10 bits per heavy atom. The fraction of sp³-hybridized carbons (Fsp3) is 0.318. The fourth-order valence-electron chi connectivity index (χ4n) is 3.38. The molecule has 0 radical (unpaired) electrons. The molecule has 0 bridgehead atoms. The first-order valence-corrected chi connectivity index (χ1v) is 12.1. The lowest BCUT2D eigenvalue weighted by atomic mass is 10.1. The lowest BCUT2D eigenvalue weighted by molar-refractivity contribution is 0.349. The molecule has 2 aromatic rings. The molecule has 1 heterocycles. The van der Waals surface area contributed by atoms with Gasteiger partial charge in [0.2, 0.25) is 15.7 Å². The van der Waals surface area contributed by atoms with Crippen LogP contribution in [0, 0.1) is 0 Å². The molecule has 166 valence electrons. The van der Waals surface area contributed by atoms with E-state index in [2.05, 4.69) is 27.8 Å². The third-order valence-electron chi connectivity index (χ3n) is 4.98. The molecule has 0 amide bonds. The Bertz CT molecular complexity index is 1080. The third kappa shape index (κ3) is 4.57. The van der Waals surface area contributed by atoms with Crippen LogP contribution in [0.25, 0.3) is 0 Å². The lowest BCUT2D eigenvalue weighted by Crippen LogP contribution is -2.38. The van der Waals surface area contributed by atoms with Gasteiger partial charge in [-0.3, -0.25) is 9.89 Å². The number of sulfone groups is 1. The van der Waals surface area contributed by atoms with Gasteiger partial charge in [0, 0.05) is 10.7 Å². The quantitative estimate of drug-likeness (QED) is 0.535. The Balaban J connectivity index is 2.20. The van der Waals surface area contributed by atoms with Gasteiger partial charge in [-0.25, -0.2) is 8.42 Å². The van der Waals surface area contributed by atoms with Gasteiger partial charge < -0.3 is 14.6 Å². The number of unbranched alkanes of at least 4 members (excludes halogenated alkanes) is 1. The second-order valence-electron chi connectivity index (χ2n) is 6.93. The van der Waals surface area contributed by atoms with Crippen LogP contribution in [-0.2, 0) is 9.84 Å². The standard InChI is InChI=1S/C22H25BrN2O5S/c1-4-5-9-20-24-14-19(31(27,28)16-12-10-15(23)11-13-16)22(26)25(20)21-17(29-2)7-6-8-18(21)30-3/h6-8,10-14,20,26H,4-5,9H2,1-3H3. The highest BCUT2D eigenvalue weighted by Crippen LogP contribution is 2.43. The number of aliphatic imine (C=N–C) groups is 1. The number of rotatable bonds is 8. The summed E-state index contributed by atoms with van der Waals surface area (Å²) >= 11 is 3.31. The van der Waals surface area contributed by atoms with Gasteiger partial charge in [0.05, 0.1) is 19.1 Å². The maximum absolute atomic E-state index is 13.3. The second kappa shape index (κ2) is 9.74. The summed E-state index contributed by atoms with van der Waals surface area (Å²) in [5.41, 5.74) is 0.423. The van der Waals surface area contributed by atoms with Crippen LogP contribution in [0.1, 0.15) is 26.2 Å². The van der Waals surface area contributed by atoms with E-state index in [4.69, 9.17) is 9.47 Å². The summed E-state index contributed by atoms with van der Waals surface area (Å²) in [6.45, 7) is 2.06. The van der Waals surface area contributed by atoms with Crippen LogP contribution in [0.4, 0.5) is 5.69 Å². The summed E-state index contributed by atoms with van der Waals surface area (Å²) in [5.74, 6) is 0.455. The van der Waals surface area contributed by atoms with Crippen molar-refractivity contribution in [3.8, 4) is 11.5 Å². The maximum Gasteiger partial charge on any atom is 0.214 e. The van der Waals surface area contributed by atoms with Crippen LogP contribution < -0.4 is 14.4 Å². The zero-order valence-electron chi connectivity index (χ0n) is 17.6. The van der Waals surface area contributed by atoms with Crippen molar-refractivity contribution in [1.29, 1.82) is 0 Å². The van der Waals surface area contributed by atoms with E-state index in [1.165, 1.54) is 37.5 Å². The molecular weight excluding hydrogens is 484 g/mol. The molecule has 0 aromatic heterocycles. The maximum atomic E-state index is 13.3. The summed E-state index contributed by atoms with van der Waals surface area (Å²) in [5, 5.41) is 11.3. The number of ether oxygens (including phenoxy) is 2. The molecule has 3 rings (SSSR count). The number of hydrogen-bond donors (Lipinski definition) is 1. The molecule has 7 nitrogen and oxygen atoms in total. The molecular formula is C22H25BrN2O5S. The predicted molar refractivity (Wildman–Crippen MR) is 125 cm³/mol. The van der Waals surface area contributed by atoms with E-state index in [0.29, 0.717) is 23.6 Å². The van der Waals surface area contributed by atoms with Gasteiger partial charge in [0.15, 0.2) is 0 Å². The molecule has 0 aliphatic carbocycles. The predicted octanol–water partition coefficient (Wildman–Crippen LogP) is 5.07. The number of halogens is 1. The van der Waals surface area contributed by atoms with E-state index in [-0.39, 0.29) is 9.80 Å². The Morgan fingerprint density at radius 2 is 1.71 bits per heavy atom. The molecule has 0 spiro atoms. The highest BCUT2D eigenvalue weighted by Gasteiger charge is 2.36. The van der Waals surface area contributed by atoms with Gasteiger partial charge in [-0.1, -0.05) is 35.3 Å². The molecule has 2 aromatic carbocycles. The first-order valence-electron chi connectivity index (χ1n) is 9.82. The van der Waals surface area contributed by atoms with Crippen molar-refractivity contribution in [3.05, 3.63) is 57.7 Å². The molecule has 1 aliphatic rings. The van der Waals surface area contributed by atoms with Gasteiger partial charge in [-0.05, 0) is 49.2 Å². The lowest BCUT2D eigenvalue weighted by Gasteiger charge is -2.35. The molecule has 0 saturated carbocycles. The van der Waals surface area contributed by atoms with Gasteiger partial charge in [0.25, 0.3) is 0 Å². The van der Waals surface area contributed by atoms with E-state index < -0.39 is 21.9 Å². The number of anilines is 1. The minimum Gasteiger partial charge on any atom is -0.494 e. The zero-order chi connectivity index (χ0) is 22.6. The van der Waals surface area contributed by atoms with Gasteiger partial charge in [-0.2, -0.15) is 0 Å². The van der Waals surface area contributed by atoms with Crippen LogP contribution in [0.2, 0.25) is 0 Å². The first kappa shape index (κ1) is 23.1. The average molecular weight is 509 g/mol. The van der Waals surface area contributed by atoms with Gasteiger partial charge in [0.1, 0.15) is 28.3 Å². The van der Waals surface area contributed by atoms with E-state index in [0.717, 1.165) is 17.3 Å². The van der Waals surface area contributed by atoms with Crippen LogP contribution in [-0.4, -0.2) is 40.1 Å². The number of methoxy groups -OCH3 is 2. The van der Waals surface area contributed by atoms with Crippen molar-refractivity contribution in [2.75, 3.05) is 19.1 Å². The van der Waals surface area contributed by atoms with Crippen LogP contribution in [0.3, 0.4) is 0 Å². The Labute approximate surface area is 191 Å². The summed E-state index contributed by atoms with van der Waals surface area (Å²) in [6.07, 6.45) is 3.12. The smallest absolute Gasteiger partial charge is 0.214 e. The Hall–Kier alpha value is -2.52. The molecule has 1 aliphatic heterocycles. The normalized spacial score (nSPS) is 16.5. The van der Waals surface area contributed by atoms with Crippen molar-refractivity contribution in [2.24, 2.45) is 4.99 Å². The van der Waals surface area contributed by atoms with Crippen molar-refractivity contribution >= 4 is 37.7 Å². The number of para-hydroxylation sites is 1. The Morgan fingerprint density at radius 3 is 2.26 bits per heavy atom. The van der Waals surface area contributed by atoms with Gasteiger partial charge in [-0.15, -0.1) is 0 Å². The van der Waals surface area contributed by atoms with Crippen molar-refractivity contribution < 1.29 is 23.0 Å². The zero-order valence-corrected chi connectivity index (χ0v) is 20.0. The molecule has 1 atom stereocenters. The summed E-state index contributed by atoms with van der Waals surface area (Å²) in [4.78, 5) is 5.76. The van der Waals surface area contributed by atoms with Crippen molar-refractivity contribution in [3.63, 3.8) is 0 Å². The molecule has 1 N–H and O–H groups in total. The van der Waals surface area contributed by atoms with E-state index in [1.54, 1.807) is 30.3 Å². The molecule has 9 heteroatoms. The van der Waals surface area contributed by atoms with Crippen LogP contribution in [0.15, 0.2) is 67.6 Å². The first-order chi connectivity index (χ1) is 14.8. The fourth-order valence-corrected chi connectivity index (χ4v) is 4.93. The topological polar surface area (TPSA) is 88.4 Å². The van der Waals surface area contributed by atoms with Crippen molar-refractivity contribution in [2.45, 2.75) is 37.2 Å². The third-order valence-corrected chi connectivity index (χ3v) is 7.27. The number of aliphatic hydroxyl groups excluding tert-OH is 1. The summed E-state index contributed by atoms with van der Waals surface area (Å²) < 4.78 is 38.4. The van der Waals surface area contributed by atoms with E-state index in [9.17, 15) is 13.5 Å².